The summed E-state index contributed by atoms with van der Waals surface area (Å²) in [6.45, 7) is 5.99. The van der Waals surface area contributed by atoms with Crippen LogP contribution >= 0.6 is 0 Å². The number of phenols is 1. The van der Waals surface area contributed by atoms with Crippen molar-refractivity contribution in [1.29, 1.82) is 0 Å². The molecule has 0 radical (unpaired) electrons. The lowest BCUT2D eigenvalue weighted by Gasteiger charge is -2.34. The summed E-state index contributed by atoms with van der Waals surface area (Å²) in [4.78, 5) is 26.4. The molecule has 7 nitrogen and oxygen atoms in total. The first kappa shape index (κ1) is 25.7. The van der Waals surface area contributed by atoms with Crippen LogP contribution in [-0.4, -0.2) is 48.2 Å². The third kappa shape index (κ3) is 8.91. The van der Waals surface area contributed by atoms with E-state index in [1.54, 1.807) is 17.0 Å². The summed E-state index contributed by atoms with van der Waals surface area (Å²) >= 11 is 0. The number of carbonyl (C=O) groups excluding carboxylic acids is 2. The monoisotopic (exact) mass is 445 g/mol. The van der Waals surface area contributed by atoms with Gasteiger partial charge in [-0.05, 0) is 69.2 Å². The number of allylic oxidation sites excluding steroid dienone is 2. The minimum absolute atomic E-state index is 0.00601. The van der Waals surface area contributed by atoms with Gasteiger partial charge in [0.25, 0.3) is 0 Å². The van der Waals surface area contributed by atoms with Gasteiger partial charge in [0.05, 0.1) is 0 Å². The highest BCUT2D eigenvalue weighted by atomic mass is 16.6. The first-order valence-electron chi connectivity index (χ1n) is 11.8. The zero-order valence-corrected chi connectivity index (χ0v) is 19.7. The Morgan fingerprint density at radius 1 is 1.28 bits per heavy atom. The SMILES string of the molecule is CNCC1CCCCN1C(=O)Oc1ccc(CNC(=O)CCCC/C=C/C(C)C)cc1O. The molecule has 0 aliphatic carbocycles. The van der Waals surface area contributed by atoms with Gasteiger partial charge in [-0.15, -0.1) is 0 Å². The van der Waals surface area contributed by atoms with Crippen molar-refractivity contribution in [2.45, 2.75) is 71.4 Å². The van der Waals surface area contributed by atoms with Crippen molar-refractivity contribution >= 4 is 12.0 Å². The molecule has 1 saturated heterocycles. The molecular weight excluding hydrogens is 406 g/mol. The first-order chi connectivity index (χ1) is 15.4. The number of aromatic hydroxyl groups is 1. The van der Waals surface area contributed by atoms with Crippen molar-refractivity contribution in [2.24, 2.45) is 5.92 Å². The maximum atomic E-state index is 12.6. The van der Waals surface area contributed by atoms with Crippen LogP contribution in [0.25, 0.3) is 0 Å². The number of carbonyl (C=O) groups is 2. The Hall–Kier alpha value is -2.54. The summed E-state index contributed by atoms with van der Waals surface area (Å²) in [5.41, 5.74) is 0.751. The number of rotatable bonds is 11. The molecule has 32 heavy (non-hydrogen) atoms. The summed E-state index contributed by atoms with van der Waals surface area (Å²) in [6.07, 6.45) is 10.2. The van der Waals surface area contributed by atoms with Gasteiger partial charge in [-0.25, -0.2) is 4.79 Å². The Morgan fingerprint density at radius 2 is 2.09 bits per heavy atom. The summed E-state index contributed by atoms with van der Waals surface area (Å²) in [5.74, 6) is 0.579. The normalized spacial score (nSPS) is 16.5. The van der Waals surface area contributed by atoms with Gasteiger partial charge in [0.2, 0.25) is 5.91 Å². The summed E-state index contributed by atoms with van der Waals surface area (Å²) in [6, 6.07) is 4.96. The number of phenolic OH excluding ortho intramolecular Hbond substituents is 1. The molecule has 1 aliphatic rings. The number of nitrogens with one attached hydrogen (secondary N) is 2. The van der Waals surface area contributed by atoms with Crippen LogP contribution in [0.3, 0.4) is 0 Å². The predicted molar refractivity (Wildman–Crippen MR) is 127 cm³/mol. The van der Waals surface area contributed by atoms with Gasteiger partial charge in [-0.2, -0.15) is 0 Å². The number of ether oxygens (including phenoxy) is 1. The van der Waals surface area contributed by atoms with Crippen LogP contribution in [-0.2, 0) is 11.3 Å². The molecular formula is C25H39N3O4. The highest BCUT2D eigenvalue weighted by molar-refractivity contribution is 5.76. The maximum Gasteiger partial charge on any atom is 0.415 e. The lowest BCUT2D eigenvalue weighted by Crippen LogP contribution is -2.49. The molecule has 1 fully saturated rings. The molecule has 1 heterocycles. The molecule has 1 atom stereocenters. The molecule has 1 aliphatic heterocycles. The van der Waals surface area contributed by atoms with E-state index in [1.165, 1.54) is 6.07 Å². The minimum Gasteiger partial charge on any atom is -0.504 e. The zero-order valence-electron chi connectivity index (χ0n) is 19.7. The van der Waals surface area contributed by atoms with Crippen LogP contribution in [0.4, 0.5) is 4.79 Å². The van der Waals surface area contributed by atoms with E-state index in [2.05, 4.69) is 36.6 Å². The zero-order chi connectivity index (χ0) is 23.3. The van der Waals surface area contributed by atoms with E-state index in [-0.39, 0.29) is 23.4 Å². The van der Waals surface area contributed by atoms with E-state index in [9.17, 15) is 14.7 Å². The Kier molecular flexibility index (Phi) is 11.1. The van der Waals surface area contributed by atoms with Crippen molar-refractivity contribution in [2.75, 3.05) is 20.1 Å². The molecule has 3 N–H and O–H groups in total. The second-order valence-electron chi connectivity index (χ2n) is 8.77. The highest BCUT2D eigenvalue weighted by Gasteiger charge is 2.28. The van der Waals surface area contributed by atoms with Crippen molar-refractivity contribution in [3.05, 3.63) is 35.9 Å². The van der Waals surface area contributed by atoms with Crippen LogP contribution < -0.4 is 15.4 Å². The van der Waals surface area contributed by atoms with E-state index in [1.807, 2.05) is 7.05 Å². The maximum absolute atomic E-state index is 12.6. The van der Waals surface area contributed by atoms with Gasteiger partial charge in [0.1, 0.15) is 0 Å². The molecule has 2 amide bonds. The average molecular weight is 446 g/mol. The van der Waals surface area contributed by atoms with Gasteiger partial charge in [-0.1, -0.05) is 32.1 Å². The second kappa shape index (κ2) is 13.8. The number of piperidine rings is 1. The van der Waals surface area contributed by atoms with Crippen molar-refractivity contribution in [3.8, 4) is 11.5 Å². The van der Waals surface area contributed by atoms with E-state index >= 15 is 0 Å². The van der Waals surface area contributed by atoms with Crippen molar-refractivity contribution in [1.82, 2.24) is 15.5 Å². The average Bonchev–Trinajstić information content (AvgIpc) is 2.76. The standard InChI is InChI=1S/C25H39N3O4/c1-19(2)10-6-4-5-7-12-24(30)27-17-20-13-14-23(22(29)16-20)32-25(31)28-15-9-8-11-21(28)18-26-3/h6,10,13-14,16,19,21,26,29H,4-5,7-9,11-12,15,17-18H2,1-3H3,(H,27,30)/b10-6+. The smallest absolute Gasteiger partial charge is 0.415 e. The Balaban J connectivity index is 1.77. The lowest BCUT2D eigenvalue weighted by atomic mass is 10.0. The third-order valence-corrected chi connectivity index (χ3v) is 5.56. The number of hydrogen-bond donors (Lipinski definition) is 3. The van der Waals surface area contributed by atoms with Crippen molar-refractivity contribution in [3.63, 3.8) is 0 Å². The molecule has 1 aromatic rings. The van der Waals surface area contributed by atoms with E-state index in [0.29, 0.717) is 32.0 Å². The molecule has 2 rings (SSSR count). The Labute approximate surface area is 192 Å². The predicted octanol–water partition coefficient (Wildman–Crippen LogP) is 4.35. The molecule has 0 saturated carbocycles. The van der Waals surface area contributed by atoms with Crippen LogP contribution in [0, 0.1) is 5.92 Å². The Bertz CT molecular complexity index is 762. The minimum atomic E-state index is -0.440. The molecule has 0 aromatic heterocycles. The fourth-order valence-electron chi connectivity index (χ4n) is 3.81. The lowest BCUT2D eigenvalue weighted by molar-refractivity contribution is -0.121. The molecule has 1 aromatic carbocycles. The largest absolute Gasteiger partial charge is 0.504 e. The van der Waals surface area contributed by atoms with Crippen LogP contribution in [0.2, 0.25) is 0 Å². The summed E-state index contributed by atoms with van der Waals surface area (Å²) in [7, 11) is 1.87. The van der Waals surface area contributed by atoms with E-state index in [4.69, 9.17) is 4.74 Å². The second-order valence-corrected chi connectivity index (χ2v) is 8.77. The van der Waals surface area contributed by atoms with Crippen LogP contribution in [0.5, 0.6) is 11.5 Å². The fourth-order valence-corrected chi connectivity index (χ4v) is 3.81. The molecule has 7 heteroatoms. The molecule has 0 bridgehead atoms. The number of amides is 2. The van der Waals surface area contributed by atoms with Gasteiger partial charge < -0.3 is 25.4 Å². The van der Waals surface area contributed by atoms with Gasteiger partial charge >= 0.3 is 6.09 Å². The van der Waals surface area contributed by atoms with Crippen LogP contribution in [0.15, 0.2) is 30.4 Å². The van der Waals surface area contributed by atoms with Crippen molar-refractivity contribution < 1.29 is 19.4 Å². The molecule has 0 spiro atoms. The van der Waals surface area contributed by atoms with Crippen LogP contribution in [0.1, 0.15) is 64.4 Å². The topological polar surface area (TPSA) is 90.9 Å². The van der Waals surface area contributed by atoms with Gasteiger partial charge in [-0.3, -0.25) is 4.79 Å². The van der Waals surface area contributed by atoms with Gasteiger partial charge in [0.15, 0.2) is 11.5 Å². The highest BCUT2D eigenvalue weighted by Crippen LogP contribution is 2.28. The third-order valence-electron chi connectivity index (χ3n) is 5.56. The van der Waals surface area contributed by atoms with E-state index in [0.717, 1.165) is 44.1 Å². The van der Waals surface area contributed by atoms with Gasteiger partial charge in [0, 0.05) is 32.1 Å². The summed E-state index contributed by atoms with van der Waals surface area (Å²) in [5, 5.41) is 16.3. The van der Waals surface area contributed by atoms with E-state index < -0.39 is 6.09 Å². The Morgan fingerprint density at radius 3 is 2.81 bits per heavy atom. The number of unbranched alkanes of at least 4 members (excludes halogenated alkanes) is 2. The molecule has 1 unspecified atom stereocenters. The number of benzene rings is 1. The number of likely N-dealkylation sites (tertiary alicyclic amines) is 1. The first-order valence-corrected chi connectivity index (χ1v) is 11.8. The number of nitrogens with zero attached hydrogens (tertiary/aromatic N) is 1. The summed E-state index contributed by atoms with van der Waals surface area (Å²) < 4.78 is 5.46. The fraction of sp³-hybridized carbons (Fsp3) is 0.600. The number of likely N-dealkylation sites (N-methyl/N-ethyl adjacent to an activating group) is 1. The molecule has 178 valence electrons. The quantitative estimate of drug-likeness (QED) is 0.348. The number of hydrogen-bond acceptors (Lipinski definition) is 5.